The van der Waals surface area contributed by atoms with Gasteiger partial charge in [0.1, 0.15) is 18.0 Å². The van der Waals surface area contributed by atoms with Crippen LogP contribution in [0.4, 0.5) is 4.39 Å². The molecule has 6 nitrogen and oxygen atoms in total. The highest BCUT2D eigenvalue weighted by Crippen LogP contribution is 2.34. The zero-order chi connectivity index (χ0) is 23.5. The number of likely N-dealkylation sites (tertiary alicyclic amines) is 2. The number of hydrogen-bond acceptors (Lipinski definition) is 5. The maximum atomic E-state index is 15.2. The number of halogens is 1. The number of ether oxygens (including phenoxy) is 1. The van der Waals surface area contributed by atoms with E-state index in [1.807, 2.05) is 16.7 Å². The molecule has 2 aliphatic rings. The van der Waals surface area contributed by atoms with E-state index in [2.05, 4.69) is 24.3 Å². The molecule has 33 heavy (non-hydrogen) atoms. The number of rotatable bonds is 6. The monoisotopic (exact) mass is 453 g/mol. The minimum atomic E-state index is -1.06. The van der Waals surface area contributed by atoms with E-state index in [1.54, 1.807) is 31.2 Å². The molecule has 4 rings (SSSR count). The van der Waals surface area contributed by atoms with Gasteiger partial charge >= 0.3 is 5.97 Å². The van der Waals surface area contributed by atoms with Crippen LogP contribution in [0.5, 0.6) is 5.75 Å². The van der Waals surface area contributed by atoms with E-state index in [0.717, 1.165) is 17.5 Å². The van der Waals surface area contributed by atoms with Crippen molar-refractivity contribution in [3.8, 4) is 5.75 Å². The van der Waals surface area contributed by atoms with Crippen LogP contribution in [0.3, 0.4) is 0 Å². The van der Waals surface area contributed by atoms with Crippen LogP contribution >= 0.6 is 0 Å². The molecule has 4 atom stereocenters. The molecule has 2 heterocycles. The van der Waals surface area contributed by atoms with Crippen LogP contribution in [0, 0.1) is 6.92 Å². The van der Waals surface area contributed by atoms with Gasteiger partial charge in [0.05, 0.1) is 6.04 Å². The Bertz CT molecular complexity index is 977. The second kappa shape index (κ2) is 10.0. The molecule has 2 unspecified atom stereocenters. The lowest BCUT2D eigenvalue weighted by Crippen LogP contribution is -2.49. The largest absolute Gasteiger partial charge is 0.425 e. The summed E-state index contributed by atoms with van der Waals surface area (Å²) in [5.41, 5.74) is 8.71. The summed E-state index contributed by atoms with van der Waals surface area (Å²) in [6.07, 6.45) is 0.319. The van der Waals surface area contributed by atoms with Crippen molar-refractivity contribution in [2.45, 2.75) is 57.4 Å². The lowest BCUT2D eigenvalue weighted by molar-refractivity contribution is -0.135. The fourth-order valence-corrected chi connectivity index (χ4v) is 4.71. The molecule has 2 fully saturated rings. The minimum Gasteiger partial charge on any atom is -0.425 e. The zero-order valence-electron chi connectivity index (χ0n) is 19.2. The average molecular weight is 454 g/mol. The van der Waals surface area contributed by atoms with E-state index in [4.69, 9.17) is 10.5 Å². The highest BCUT2D eigenvalue weighted by molar-refractivity contribution is 5.84. The van der Waals surface area contributed by atoms with Gasteiger partial charge in [-0.1, -0.05) is 42.0 Å². The third kappa shape index (κ3) is 5.42. The van der Waals surface area contributed by atoms with E-state index < -0.39 is 18.2 Å². The Morgan fingerprint density at radius 3 is 2.45 bits per heavy atom. The first-order valence-corrected chi connectivity index (χ1v) is 11.6. The molecule has 2 aromatic rings. The van der Waals surface area contributed by atoms with Crippen LogP contribution < -0.4 is 10.5 Å². The molecule has 0 aliphatic carbocycles. The zero-order valence-corrected chi connectivity index (χ0v) is 19.2. The van der Waals surface area contributed by atoms with Crippen molar-refractivity contribution in [3.63, 3.8) is 0 Å². The second-order valence-corrected chi connectivity index (χ2v) is 9.23. The highest BCUT2D eigenvalue weighted by atomic mass is 19.1. The molecule has 0 spiro atoms. The lowest BCUT2D eigenvalue weighted by atomic mass is 9.87. The van der Waals surface area contributed by atoms with Crippen LogP contribution in [0.1, 0.15) is 42.4 Å². The van der Waals surface area contributed by atoms with Crippen molar-refractivity contribution in [3.05, 3.63) is 65.2 Å². The van der Waals surface area contributed by atoms with Crippen LogP contribution in [0.25, 0.3) is 0 Å². The number of carbonyl (C=O) groups excluding carboxylic acids is 2. The Kier molecular flexibility index (Phi) is 7.10. The van der Waals surface area contributed by atoms with Crippen molar-refractivity contribution in [2.24, 2.45) is 5.73 Å². The maximum Gasteiger partial charge on any atom is 0.328 e. The lowest BCUT2D eigenvalue weighted by Gasteiger charge is -2.37. The van der Waals surface area contributed by atoms with Crippen LogP contribution in [0.2, 0.25) is 0 Å². The summed E-state index contributed by atoms with van der Waals surface area (Å²) in [6, 6.07) is 14.3. The minimum absolute atomic E-state index is 0.0986. The first-order chi connectivity index (χ1) is 15.8. The van der Waals surface area contributed by atoms with Gasteiger partial charge in [0.25, 0.3) is 0 Å². The van der Waals surface area contributed by atoms with E-state index in [0.29, 0.717) is 31.8 Å². The molecular formula is C26H32FN3O3. The molecule has 0 bridgehead atoms. The fraction of sp³-hybridized carbons (Fsp3) is 0.462. The number of piperidine rings is 1. The Morgan fingerprint density at radius 2 is 1.82 bits per heavy atom. The normalized spacial score (nSPS) is 24.7. The molecule has 0 radical (unpaired) electrons. The van der Waals surface area contributed by atoms with E-state index in [-0.39, 0.29) is 24.4 Å². The average Bonchev–Trinajstić information content (AvgIpc) is 3.16. The van der Waals surface area contributed by atoms with Crippen LogP contribution in [-0.2, 0) is 16.1 Å². The van der Waals surface area contributed by atoms with E-state index in [1.165, 1.54) is 5.56 Å². The Labute approximate surface area is 194 Å². The topological polar surface area (TPSA) is 75.9 Å². The van der Waals surface area contributed by atoms with E-state index >= 15 is 4.39 Å². The van der Waals surface area contributed by atoms with Gasteiger partial charge in [-0.05, 0) is 56.5 Å². The van der Waals surface area contributed by atoms with Gasteiger partial charge in [0.2, 0.25) is 5.91 Å². The van der Waals surface area contributed by atoms with Crippen molar-refractivity contribution in [1.82, 2.24) is 9.80 Å². The number of carbonyl (C=O) groups is 2. The van der Waals surface area contributed by atoms with Gasteiger partial charge in [-0.25, -0.2) is 9.18 Å². The smallest absolute Gasteiger partial charge is 0.328 e. The van der Waals surface area contributed by atoms with Gasteiger partial charge in [0, 0.05) is 25.6 Å². The summed E-state index contributed by atoms with van der Waals surface area (Å²) in [4.78, 5) is 28.6. The summed E-state index contributed by atoms with van der Waals surface area (Å²) in [6.45, 7) is 5.85. The maximum absolute atomic E-state index is 15.2. The standard InChI is InChI=1S/C26H32FN3O3/c1-17-3-5-19(6-4-17)15-30-14-12-24(25(30)31)29-13-11-22(23(27)16-29)20-7-9-21(10-8-20)33-26(32)18(2)28/h3-10,18,22-24H,11-16,28H2,1-2H3/t18?,22-,23+,24?/m0/s1. The van der Waals surface area contributed by atoms with Crippen molar-refractivity contribution in [2.75, 3.05) is 19.6 Å². The summed E-state index contributed by atoms with van der Waals surface area (Å²) in [5, 5.41) is 0. The number of esters is 1. The van der Waals surface area contributed by atoms with Gasteiger partial charge in [-0.15, -0.1) is 0 Å². The number of aryl methyl sites for hydroxylation is 1. The number of nitrogens with zero attached hydrogens (tertiary/aromatic N) is 2. The summed E-state index contributed by atoms with van der Waals surface area (Å²) in [7, 11) is 0. The van der Waals surface area contributed by atoms with Crippen molar-refractivity contribution in [1.29, 1.82) is 0 Å². The Balaban J connectivity index is 1.33. The highest BCUT2D eigenvalue weighted by Gasteiger charge is 2.40. The number of nitrogens with two attached hydrogens (primary N) is 1. The number of amides is 1. The molecule has 0 aromatic heterocycles. The molecule has 176 valence electrons. The summed E-state index contributed by atoms with van der Waals surface area (Å²) in [5.74, 6) is -0.239. The number of hydrogen-bond donors (Lipinski definition) is 1. The SMILES string of the molecule is Cc1ccc(CN2CCC(N3CC[C@@H](c4ccc(OC(=O)C(C)N)cc4)[C@H](F)C3)C2=O)cc1. The van der Waals surface area contributed by atoms with Gasteiger partial charge in [-0.3, -0.25) is 9.69 Å². The third-order valence-corrected chi connectivity index (χ3v) is 6.68. The third-order valence-electron chi connectivity index (χ3n) is 6.68. The number of benzene rings is 2. The summed E-state index contributed by atoms with van der Waals surface area (Å²) < 4.78 is 20.4. The Hall–Kier alpha value is -2.77. The first-order valence-electron chi connectivity index (χ1n) is 11.6. The van der Waals surface area contributed by atoms with Gasteiger partial charge in [-0.2, -0.15) is 0 Å². The predicted molar refractivity (Wildman–Crippen MR) is 125 cm³/mol. The van der Waals surface area contributed by atoms with Gasteiger partial charge in [0.15, 0.2) is 0 Å². The van der Waals surface area contributed by atoms with Crippen molar-refractivity contribution < 1.29 is 18.7 Å². The number of alkyl halides is 1. The molecular weight excluding hydrogens is 421 g/mol. The Morgan fingerprint density at radius 1 is 1.12 bits per heavy atom. The first kappa shape index (κ1) is 23.4. The second-order valence-electron chi connectivity index (χ2n) is 9.23. The molecule has 1 amide bonds. The molecule has 7 heteroatoms. The van der Waals surface area contributed by atoms with Crippen molar-refractivity contribution >= 4 is 11.9 Å². The molecule has 2 N–H and O–H groups in total. The molecule has 2 aliphatic heterocycles. The molecule has 0 saturated carbocycles. The quantitative estimate of drug-likeness (QED) is 0.537. The summed E-state index contributed by atoms with van der Waals surface area (Å²) >= 11 is 0. The molecule has 2 saturated heterocycles. The van der Waals surface area contributed by atoms with Gasteiger partial charge < -0.3 is 15.4 Å². The van der Waals surface area contributed by atoms with E-state index in [9.17, 15) is 9.59 Å². The van der Waals surface area contributed by atoms with Crippen LogP contribution in [0.15, 0.2) is 48.5 Å². The predicted octanol–water partition coefficient (Wildman–Crippen LogP) is 3.18. The fourth-order valence-electron chi connectivity index (χ4n) is 4.71. The molecule has 2 aromatic carbocycles. The van der Waals surface area contributed by atoms with Crippen LogP contribution in [-0.4, -0.2) is 59.6 Å².